The van der Waals surface area contributed by atoms with E-state index >= 15 is 0 Å². The van der Waals surface area contributed by atoms with Gasteiger partial charge < -0.3 is 10.6 Å². The highest BCUT2D eigenvalue weighted by Crippen LogP contribution is 2.41. The number of carbonyl (C=O) groups is 1. The van der Waals surface area contributed by atoms with Gasteiger partial charge in [0.25, 0.3) is 0 Å². The zero-order valence-electron chi connectivity index (χ0n) is 18.5. The Morgan fingerprint density at radius 2 is 1.71 bits per heavy atom. The van der Waals surface area contributed by atoms with E-state index in [2.05, 4.69) is 4.72 Å². The molecule has 5 nitrogen and oxygen atoms in total. The molecular weight excluding hydrogens is 427 g/mol. The summed E-state index contributed by atoms with van der Waals surface area (Å²) in [6.07, 6.45) is 3.15. The van der Waals surface area contributed by atoms with E-state index in [-0.39, 0.29) is 35.9 Å². The van der Waals surface area contributed by atoms with Gasteiger partial charge in [-0.3, -0.25) is 4.79 Å². The van der Waals surface area contributed by atoms with Gasteiger partial charge in [-0.25, -0.2) is 22.1 Å². The van der Waals surface area contributed by atoms with Crippen molar-refractivity contribution in [2.24, 2.45) is 11.7 Å². The standard InChI is InChI=1S/C22H32F3N3O2S/c1-12(26)21(29)28-15-5-6-16(28)8-14(7-15)20(27-31(30)22(2,3)4)10-13-9-18(24)19(25)11-17(13)23/h9,11-12,14-16,20,27H,5-8,10,26H2,1-4H3/t12?,14?,15-,16+,20-,31?/m1/s1. The Morgan fingerprint density at radius 3 is 2.23 bits per heavy atom. The molecule has 0 radical (unpaired) electrons. The van der Waals surface area contributed by atoms with Crippen molar-refractivity contribution in [2.45, 2.75) is 88.7 Å². The van der Waals surface area contributed by atoms with Crippen LogP contribution in [-0.2, 0) is 22.2 Å². The number of halogens is 3. The van der Waals surface area contributed by atoms with Crippen LogP contribution in [0, 0.1) is 23.4 Å². The van der Waals surface area contributed by atoms with Crippen molar-refractivity contribution in [2.75, 3.05) is 0 Å². The van der Waals surface area contributed by atoms with Gasteiger partial charge in [-0.2, -0.15) is 0 Å². The highest BCUT2D eigenvalue weighted by Gasteiger charge is 2.46. The summed E-state index contributed by atoms with van der Waals surface area (Å²) >= 11 is 0. The lowest BCUT2D eigenvalue weighted by molar-refractivity contribution is -0.137. The Labute approximate surface area is 184 Å². The van der Waals surface area contributed by atoms with E-state index < -0.39 is 45.3 Å². The quantitative estimate of drug-likeness (QED) is 0.642. The minimum Gasteiger partial charge on any atom is -0.335 e. The van der Waals surface area contributed by atoms with E-state index in [1.54, 1.807) is 6.92 Å². The van der Waals surface area contributed by atoms with Gasteiger partial charge in [-0.1, -0.05) is 0 Å². The van der Waals surface area contributed by atoms with Crippen LogP contribution in [0.2, 0.25) is 0 Å². The topological polar surface area (TPSA) is 75.4 Å². The van der Waals surface area contributed by atoms with Gasteiger partial charge in [0.2, 0.25) is 5.91 Å². The van der Waals surface area contributed by atoms with E-state index in [9.17, 15) is 22.2 Å². The van der Waals surface area contributed by atoms with Crippen molar-refractivity contribution in [1.29, 1.82) is 0 Å². The first kappa shape index (κ1) is 24.2. The molecule has 31 heavy (non-hydrogen) atoms. The molecule has 1 aromatic carbocycles. The summed E-state index contributed by atoms with van der Waals surface area (Å²) in [6, 6.07) is 0.515. The highest BCUT2D eigenvalue weighted by molar-refractivity contribution is 7.84. The van der Waals surface area contributed by atoms with Crippen molar-refractivity contribution in [3.05, 3.63) is 35.1 Å². The Bertz CT molecular complexity index is 845. The first-order chi connectivity index (χ1) is 14.4. The molecule has 2 saturated heterocycles. The van der Waals surface area contributed by atoms with Gasteiger partial charge >= 0.3 is 0 Å². The van der Waals surface area contributed by atoms with Gasteiger partial charge in [-0.05, 0) is 77.3 Å². The molecule has 0 aliphatic carbocycles. The molecule has 2 aliphatic rings. The van der Waals surface area contributed by atoms with Gasteiger partial charge in [0.1, 0.15) is 5.82 Å². The van der Waals surface area contributed by atoms with Crippen LogP contribution in [0.3, 0.4) is 0 Å². The molecule has 2 heterocycles. The molecule has 2 bridgehead atoms. The van der Waals surface area contributed by atoms with Gasteiger partial charge in [0, 0.05) is 24.2 Å². The van der Waals surface area contributed by atoms with Gasteiger partial charge in [0.15, 0.2) is 11.6 Å². The summed E-state index contributed by atoms with van der Waals surface area (Å²) < 4.78 is 57.0. The lowest BCUT2D eigenvalue weighted by atomic mass is 9.82. The lowest BCUT2D eigenvalue weighted by Gasteiger charge is -2.43. The predicted octanol–water partition coefficient (Wildman–Crippen LogP) is 3.18. The second-order valence-electron chi connectivity index (χ2n) is 9.82. The third kappa shape index (κ3) is 5.31. The Kier molecular flexibility index (Phi) is 7.18. The van der Waals surface area contributed by atoms with E-state index in [0.717, 1.165) is 18.9 Å². The lowest BCUT2D eigenvalue weighted by Crippen LogP contribution is -2.55. The van der Waals surface area contributed by atoms with Crippen LogP contribution < -0.4 is 10.5 Å². The molecule has 0 spiro atoms. The van der Waals surface area contributed by atoms with E-state index in [1.165, 1.54) is 0 Å². The van der Waals surface area contributed by atoms with E-state index in [0.29, 0.717) is 18.9 Å². The number of rotatable bonds is 6. The number of nitrogens with zero attached hydrogens (tertiary/aromatic N) is 1. The van der Waals surface area contributed by atoms with Crippen LogP contribution in [0.1, 0.15) is 58.9 Å². The van der Waals surface area contributed by atoms with Crippen molar-refractivity contribution >= 4 is 16.9 Å². The van der Waals surface area contributed by atoms with E-state index in [4.69, 9.17) is 5.73 Å². The van der Waals surface area contributed by atoms with Crippen LogP contribution >= 0.6 is 0 Å². The van der Waals surface area contributed by atoms with Crippen molar-refractivity contribution in [3.63, 3.8) is 0 Å². The largest absolute Gasteiger partial charge is 0.335 e. The summed E-state index contributed by atoms with van der Waals surface area (Å²) in [4.78, 5) is 14.4. The summed E-state index contributed by atoms with van der Waals surface area (Å²) in [5, 5.41) is 0. The Hall–Kier alpha value is -1.45. The Balaban J connectivity index is 1.85. The third-order valence-corrected chi connectivity index (χ3v) is 7.96. The number of nitrogens with two attached hydrogens (primary N) is 1. The number of piperidine rings is 1. The zero-order valence-corrected chi connectivity index (χ0v) is 19.3. The fourth-order valence-electron chi connectivity index (χ4n) is 4.72. The fraction of sp³-hybridized carbons (Fsp3) is 0.682. The summed E-state index contributed by atoms with van der Waals surface area (Å²) in [7, 11) is -1.43. The third-order valence-electron chi connectivity index (χ3n) is 6.33. The van der Waals surface area contributed by atoms with Crippen LogP contribution in [0.15, 0.2) is 12.1 Å². The number of amides is 1. The molecule has 3 rings (SSSR count). The fourth-order valence-corrected chi connectivity index (χ4v) is 5.62. The maximum Gasteiger partial charge on any atom is 0.239 e. The normalized spacial score (nSPS) is 26.6. The van der Waals surface area contributed by atoms with Gasteiger partial charge in [-0.15, -0.1) is 0 Å². The van der Waals surface area contributed by atoms with Crippen LogP contribution in [0.5, 0.6) is 0 Å². The van der Waals surface area contributed by atoms with Crippen LogP contribution in [0.4, 0.5) is 13.2 Å². The van der Waals surface area contributed by atoms with Crippen LogP contribution in [-0.4, -0.2) is 43.9 Å². The molecule has 0 aromatic heterocycles. The first-order valence-electron chi connectivity index (χ1n) is 10.8. The average molecular weight is 460 g/mol. The molecule has 3 unspecified atom stereocenters. The average Bonchev–Trinajstić information content (AvgIpc) is 2.92. The predicted molar refractivity (Wildman–Crippen MR) is 115 cm³/mol. The molecule has 1 aromatic rings. The second kappa shape index (κ2) is 9.19. The molecule has 3 N–H and O–H groups in total. The molecule has 174 valence electrons. The second-order valence-corrected chi connectivity index (χ2v) is 11.8. The maximum atomic E-state index is 14.4. The minimum absolute atomic E-state index is 0.00782. The number of hydrogen-bond donors (Lipinski definition) is 2. The minimum atomic E-state index is -1.43. The number of nitrogens with one attached hydrogen (secondary N) is 1. The number of hydrogen-bond acceptors (Lipinski definition) is 3. The molecular formula is C22H32F3N3O2S. The monoisotopic (exact) mass is 459 g/mol. The summed E-state index contributed by atoms with van der Waals surface area (Å²) in [6.45, 7) is 7.17. The summed E-state index contributed by atoms with van der Waals surface area (Å²) in [5.41, 5.74) is 5.87. The molecule has 2 aliphatic heterocycles. The first-order valence-corrected chi connectivity index (χ1v) is 11.9. The number of fused-ring (bicyclic) bond motifs is 2. The van der Waals surface area contributed by atoms with E-state index in [1.807, 2.05) is 25.7 Å². The van der Waals surface area contributed by atoms with Crippen molar-refractivity contribution in [1.82, 2.24) is 9.62 Å². The molecule has 0 saturated carbocycles. The number of benzene rings is 1. The smallest absolute Gasteiger partial charge is 0.239 e. The SMILES string of the molecule is CC(N)C(=O)N1[C@@H]2CC[C@H]1CC([C@@H](Cc1cc(F)c(F)cc1F)NS(=O)C(C)(C)C)C2. The number of carbonyl (C=O) groups excluding carboxylic acids is 1. The molecule has 6 atom stereocenters. The molecule has 1 amide bonds. The van der Waals surface area contributed by atoms with Gasteiger partial charge in [0.05, 0.1) is 21.8 Å². The van der Waals surface area contributed by atoms with Crippen molar-refractivity contribution < 1.29 is 22.2 Å². The van der Waals surface area contributed by atoms with Crippen LogP contribution in [0.25, 0.3) is 0 Å². The molecule has 2 fully saturated rings. The highest BCUT2D eigenvalue weighted by atomic mass is 32.2. The maximum absolute atomic E-state index is 14.4. The Morgan fingerprint density at radius 1 is 1.16 bits per heavy atom. The zero-order chi connectivity index (χ0) is 23.1. The molecule has 9 heteroatoms. The van der Waals surface area contributed by atoms with Crippen molar-refractivity contribution in [3.8, 4) is 0 Å². The summed E-state index contributed by atoms with van der Waals surface area (Å²) in [5.74, 6) is -3.22.